The van der Waals surface area contributed by atoms with E-state index in [-0.39, 0.29) is 0 Å². The molecule has 2 aromatic rings. The van der Waals surface area contributed by atoms with Crippen LogP contribution in [0.25, 0.3) is 0 Å². The fraction of sp³-hybridized carbons (Fsp3) is 0.632. The lowest BCUT2D eigenvalue weighted by atomic mass is 9.58. The summed E-state index contributed by atoms with van der Waals surface area (Å²) in [6.45, 7) is 4.38. The van der Waals surface area contributed by atoms with E-state index in [1.165, 1.54) is 44.3 Å². The Balaban J connectivity index is 1.32. The van der Waals surface area contributed by atoms with Crippen LogP contribution in [0.1, 0.15) is 37.0 Å². The molecule has 4 rings (SSSR count). The largest absolute Gasteiger partial charge is 0.468 e. The molecule has 0 N–H and O–H groups in total. The normalized spacial score (nSPS) is 23.7. The third-order valence-electron chi connectivity index (χ3n) is 6.16. The van der Waals surface area contributed by atoms with Gasteiger partial charge in [-0.1, -0.05) is 0 Å². The molecular weight excluding hydrogens is 300 g/mol. The number of aromatic nitrogens is 2. The van der Waals surface area contributed by atoms with Crippen molar-refractivity contribution in [3.8, 4) is 0 Å². The Kier molecular flexibility index (Phi) is 4.22. The van der Waals surface area contributed by atoms with Crippen LogP contribution in [0.4, 0.5) is 0 Å². The fourth-order valence-corrected chi connectivity index (χ4v) is 4.68. The van der Waals surface area contributed by atoms with E-state index >= 15 is 0 Å². The second-order valence-electron chi connectivity index (χ2n) is 7.71. The van der Waals surface area contributed by atoms with Gasteiger partial charge in [-0.25, -0.2) is 0 Å². The number of piperidine rings is 1. The number of hydrogen-bond donors (Lipinski definition) is 0. The smallest absolute Gasteiger partial charge is 0.117 e. The predicted octanol–water partition coefficient (Wildman–Crippen LogP) is 2.89. The van der Waals surface area contributed by atoms with Crippen molar-refractivity contribution in [2.24, 2.45) is 12.5 Å². The summed E-state index contributed by atoms with van der Waals surface area (Å²) in [4.78, 5) is 5.10. The minimum absolute atomic E-state index is 0.535. The van der Waals surface area contributed by atoms with E-state index in [1.54, 1.807) is 6.26 Å². The average Bonchev–Trinajstić information content (AvgIpc) is 3.19. The summed E-state index contributed by atoms with van der Waals surface area (Å²) >= 11 is 0. The third-order valence-corrected chi connectivity index (χ3v) is 6.16. The Hall–Kier alpha value is -1.59. The number of rotatable bonds is 5. The first kappa shape index (κ1) is 15.9. The summed E-state index contributed by atoms with van der Waals surface area (Å²) in [7, 11) is 4.25. The molecule has 0 amide bonds. The molecule has 1 saturated heterocycles. The summed E-state index contributed by atoms with van der Waals surface area (Å²) < 4.78 is 7.42. The molecule has 130 valence electrons. The molecule has 2 fully saturated rings. The number of aryl methyl sites for hydroxylation is 1. The van der Waals surface area contributed by atoms with Crippen LogP contribution in [0.3, 0.4) is 0 Å². The van der Waals surface area contributed by atoms with Gasteiger partial charge in [-0.05, 0) is 63.4 Å². The Bertz CT molecular complexity index is 655. The lowest BCUT2D eigenvalue weighted by molar-refractivity contribution is -0.0648. The van der Waals surface area contributed by atoms with E-state index in [0.717, 1.165) is 18.8 Å². The highest BCUT2D eigenvalue weighted by Gasteiger charge is 2.49. The van der Waals surface area contributed by atoms with Crippen LogP contribution in [0.15, 0.2) is 35.2 Å². The molecule has 0 aromatic carbocycles. The maximum absolute atomic E-state index is 5.53. The Morgan fingerprint density at radius 1 is 1.33 bits per heavy atom. The first-order chi connectivity index (χ1) is 11.6. The number of hydrogen-bond acceptors (Lipinski definition) is 4. The van der Waals surface area contributed by atoms with E-state index in [9.17, 15) is 0 Å². The van der Waals surface area contributed by atoms with Crippen molar-refractivity contribution in [1.29, 1.82) is 0 Å². The Morgan fingerprint density at radius 2 is 2.17 bits per heavy atom. The minimum atomic E-state index is 0.535. The first-order valence-corrected chi connectivity index (χ1v) is 9.07. The van der Waals surface area contributed by atoms with Crippen LogP contribution in [-0.4, -0.2) is 45.8 Å². The fourth-order valence-electron chi connectivity index (χ4n) is 4.68. The van der Waals surface area contributed by atoms with Crippen molar-refractivity contribution in [2.75, 3.05) is 20.1 Å². The average molecular weight is 328 g/mol. The van der Waals surface area contributed by atoms with Crippen LogP contribution < -0.4 is 0 Å². The van der Waals surface area contributed by atoms with Gasteiger partial charge < -0.3 is 4.42 Å². The number of likely N-dealkylation sites (tertiary alicyclic amines) is 1. The predicted molar refractivity (Wildman–Crippen MR) is 93.3 cm³/mol. The Morgan fingerprint density at radius 3 is 2.75 bits per heavy atom. The molecule has 0 radical (unpaired) electrons. The molecule has 5 heteroatoms. The van der Waals surface area contributed by atoms with Gasteiger partial charge in [-0.3, -0.25) is 14.5 Å². The van der Waals surface area contributed by atoms with Crippen molar-refractivity contribution >= 4 is 0 Å². The lowest BCUT2D eigenvalue weighted by Gasteiger charge is -2.57. The number of furan rings is 1. The SMILES string of the molecule is CN(Cc1ccco1)[C@H]1CCC12CCN(Cc1cnn(C)c1)CC2. The molecule has 2 aliphatic rings. The molecule has 1 spiro atoms. The zero-order valence-electron chi connectivity index (χ0n) is 14.8. The van der Waals surface area contributed by atoms with Crippen LogP contribution in [0, 0.1) is 5.41 Å². The van der Waals surface area contributed by atoms with E-state index in [1.807, 2.05) is 24.0 Å². The second kappa shape index (κ2) is 6.37. The quantitative estimate of drug-likeness (QED) is 0.846. The summed E-state index contributed by atoms with van der Waals surface area (Å²) in [6.07, 6.45) is 11.3. The molecule has 3 heterocycles. The van der Waals surface area contributed by atoms with Crippen molar-refractivity contribution in [2.45, 2.75) is 44.8 Å². The van der Waals surface area contributed by atoms with E-state index in [0.29, 0.717) is 11.5 Å². The van der Waals surface area contributed by atoms with Crippen molar-refractivity contribution < 1.29 is 4.42 Å². The van der Waals surface area contributed by atoms with Crippen LogP contribution in [0.5, 0.6) is 0 Å². The lowest BCUT2D eigenvalue weighted by Crippen LogP contribution is -2.57. The molecule has 0 unspecified atom stereocenters. The van der Waals surface area contributed by atoms with Gasteiger partial charge in [-0.15, -0.1) is 0 Å². The highest BCUT2D eigenvalue weighted by Crippen LogP contribution is 2.51. The minimum Gasteiger partial charge on any atom is -0.468 e. The van der Waals surface area contributed by atoms with Crippen LogP contribution >= 0.6 is 0 Å². The van der Waals surface area contributed by atoms with Gasteiger partial charge >= 0.3 is 0 Å². The summed E-state index contributed by atoms with van der Waals surface area (Å²) in [6, 6.07) is 4.78. The third kappa shape index (κ3) is 3.03. The van der Waals surface area contributed by atoms with E-state index in [2.05, 4.69) is 34.2 Å². The maximum Gasteiger partial charge on any atom is 0.117 e. The van der Waals surface area contributed by atoms with Crippen LogP contribution in [0.2, 0.25) is 0 Å². The molecule has 2 aromatic heterocycles. The molecule has 1 atom stereocenters. The van der Waals surface area contributed by atoms with Gasteiger partial charge in [0, 0.05) is 31.4 Å². The standard InChI is InChI=1S/C19H28N4O/c1-21(15-17-4-3-11-24-17)18-5-6-19(18)7-9-23(10-8-19)14-16-12-20-22(2)13-16/h3-4,11-13,18H,5-10,14-15H2,1-2H3/t18-/m0/s1. The van der Waals surface area contributed by atoms with E-state index in [4.69, 9.17) is 4.42 Å². The Labute approximate surface area is 144 Å². The summed E-state index contributed by atoms with van der Waals surface area (Å²) in [5.74, 6) is 1.08. The van der Waals surface area contributed by atoms with E-state index < -0.39 is 0 Å². The maximum atomic E-state index is 5.53. The zero-order valence-corrected chi connectivity index (χ0v) is 14.8. The summed E-state index contributed by atoms with van der Waals surface area (Å²) in [5.41, 5.74) is 1.86. The molecule has 0 bridgehead atoms. The summed E-state index contributed by atoms with van der Waals surface area (Å²) in [5, 5.41) is 4.28. The van der Waals surface area contributed by atoms with Crippen LogP contribution in [-0.2, 0) is 20.1 Å². The topological polar surface area (TPSA) is 37.4 Å². The number of nitrogens with zero attached hydrogens (tertiary/aromatic N) is 4. The zero-order chi connectivity index (χ0) is 16.6. The van der Waals surface area contributed by atoms with Gasteiger partial charge in [0.25, 0.3) is 0 Å². The van der Waals surface area contributed by atoms with Crippen molar-refractivity contribution in [1.82, 2.24) is 19.6 Å². The first-order valence-electron chi connectivity index (χ1n) is 9.07. The molecule has 1 aliphatic heterocycles. The highest BCUT2D eigenvalue weighted by atomic mass is 16.3. The molecular formula is C19H28N4O. The second-order valence-corrected chi connectivity index (χ2v) is 7.71. The van der Waals surface area contributed by atoms with Gasteiger partial charge in [0.2, 0.25) is 0 Å². The highest BCUT2D eigenvalue weighted by molar-refractivity contribution is 5.07. The van der Waals surface area contributed by atoms with Gasteiger partial charge in [0.15, 0.2) is 0 Å². The molecule has 5 nitrogen and oxygen atoms in total. The molecule has 24 heavy (non-hydrogen) atoms. The van der Waals surface area contributed by atoms with Gasteiger partial charge in [0.1, 0.15) is 5.76 Å². The van der Waals surface area contributed by atoms with Gasteiger partial charge in [-0.2, -0.15) is 5.10 Å². The van der Waals surface area contributed by atoms with Crippen molar-refractivity contribution in [3.05, 3.63) is 42.1 Å². The monoisotopic (exact) mass is 328 g/mol. The molecule has 1 saturated carbocycles. The van der Waals surface area contributed by atoms with Crippen molar-refractivity contribution in [3.63, 3.8) is 0 Å². The molecule has 1 aliphatic carbocycles. The van der Waals surface area contributed by atoms with Gasteiger partial charge in [0.05, 0.1) is 19.0 Å².